The summed E-state index contributed by atoms with van der Waals surface area (Å²) in [5.74, 6) is 3.39. The van der Waals surface area contributed by atoms with Crippen molar-refractivity contribution in [2.75, 3.05) is 22.5 Å². The molecule has 0 saturated heterocycles. The van der Waals surface area contributed by atoms with Crippen LogP contribution in [0.4, 0.5) is 17.8 Å². The Bertz CT molecular complexity index is 451. The summed E-state index contributed by atoms with van der Waals surface area (Å²) in [4.78, 5) is 22.5. The third kappa shape index (κ3) is 3.31. The van der Waals surface area contributed by atoms with E-state index in [0.29, 0.717) is 30.9 Å². The highest BCUT2D eigenvalue weighted by Gasteiger charge is 2.22. The van der Waals surface area contributed by atoms with Crippen LogP contribution in [0, 0.1) is 12.3 Å². The second-order valence-corrected chi connectivity index (χ2v) is 3.54. The van der Waals surface area contributed by atoms with Crippen LogP contribution < -0.4 is 16.0 Å². The quantitative estimate of drug-likeness (QED) is 0.474. The first-order valence-corrected chi connectivity index (χ1v) is 5.22. The fourth-order valence-electron chi connectivity index (χ4n) is 1.18. The van der Waals surface area contributed by atoms with Crippen LogP contribution in [0.25, 0.3) is 0 Å². The first kappa shape index (κ1) is 11.1. The number of hydrogen-bond acceptors (Lipinski definition) is 6. The summed E-state index contributed by atoms with van der Waals surface area (Å²) in [5, 5.41) is 8.34. The van der Waals surface area contributed by atoms with Crippen LogP contribution in [0.5, 0.6) is 0 Å². The van der Waals surface area contributed by atoms with Gasteiger partial charge in [0, 0.05) is 6.04 Å². The SMILES string of the molecule is C#CCNc1nc(NC=O)nc(NC2CC2)n1. The highest BCUT2D eigenvalue weighted by Crippen LogP contribution is 2.23. The first-order chi connectivity index (χ1) is 8.31. The highest BCUT2D eigenvalue weighted by atomic mass is 16.1. The van der Waals surface area contributed by atoms with Crippen molar-refractivity contribution < 1.29 is 4.79 Å². The topological polar surface area (TPSA) is 91.8 Å². The normalized spacial score (nSPS) is 13.6. The molecule has 1 heterocycles. The Labute approximate surface area is 98.4 Å². The molecule has 3 N–H and O–H groups in total. The van der Waals surface area contributed by atoms with E-state index in [2.05, 4.69) is 36.8 Å². The molecule has 0 aromatic carbocycles. The van der Waals surface area contributed by atoms with E-state index >= 15 is 0 Å². The van der Waals surface area contributed by atoms with Gasteiger partial charge in [-0.2, -0.15) is 15.0 Å². The van der Waals surface area contributed by atoms with Gasteiger partial charge in [-0.15, -0.1) is 6.42 Å². The maximum Gasteiger partial charge on any atom is 0.235 e. The zero-order valence-corrected chi connectivity index (χ0v) is 9.10. The van der Waals surface area contributed by atoms with Gasteiger partial charge >= 0.3 is 0 Å². The van der Waals surface area contributed by atoms with E-state index in [1.807, 2.05) is 0 Å². The Morgan fingerprint density at radius 1 is 1.29 bits per heavy atom. The second kappa shape index (κ2) is 5.12. The molecule has 7 nitrogen and oxygen atoms in total. The Balaban J connectivity index is 2.14. The minimum atomic E-state index is 0.192. The van der Waals surface area contributed by atoms with Crippen molar-refractivity contribution in [3.63, 3.8) is 0 Å². The van der Waals surface area contributed by atoms with Gasteiger partial charge in [-0.05, 0) is 12.8 Å². The number of rotatable bonds is 6. The van der Waals surface area contributed by atoms with E-state index in [1.54, 1.807) is 0 Å². The number of hydrogen-bond donors (Lipinski definition) is 3. The number of carbonyl (C=O) groups is 1. The fraction of sp³-hybridized carbons (Fsp3) is 0.400. The predicted octanol–water partition coefficient (Wildman–Crippen LogP) is 0.0593. The average Bonchev–Trinajstić information content (AvgIpc) is 3.10. The van der Waals surface area contributed by atoms with Crippen LogP contribution in [0.15, 0.2) is 0 Å². The Morgan fingerprint density at radius 3 is 2.65 bits per heavy atom. The lowest BCUT2D eigenvalue weighted by Crippen LogP contribution is -2.12. The zero-order chi connectivity index (χ0) is 12.1. The summed E-state index contributed by atoms with van der Waals surface area (Å²) in [5.41, 5.74) is 0. The highest BCUT2D eigenvalue weighted by molar-refractivity contribution is 5.67. The lowest BCUT2D eigenvalue weighted by molar-refractivity contribution is -0.105. The number of aromatic nitrogens is 3. The van der Waals surface area contributed by atoms with Gasteiger partial charge in [-0.1, -0.05) is 5.92 Å². The lowest BCUT2D eigenvalue weighted by atomic mass is 10.6. The zero-order valence-electron chi connectivity index (χ0n) is 9.10. The molecule has 88 valence electrons. The smallest absolute Gasteiger partial charge is 0.235 e. The third-order valence-electron chi connectivity index (χ3n) is 2.08. The molecule has 0 aliphatic heterocycles. The average molecular weight is 232 g/mol. The van der Waals surface area contributed by atoms with Crippen molar-refractivity contribution in [1.82, 2.24) is 15.0 Å². The van der Waals surface area contributed by atoms with Crippen molar-refractivity contribution in [3.8, 4) is 12.3 Å². The minimum absolute atomic E-state index is 0.192. The number of carbonyl (C=O) groups excluding carboxylic acids is 1. The number of anilines is 3. The Kier molecular flexibility index (Phi) is 3.35. The van der Waals surface area contributed by atoms with E-state index in [0.717, 1.165) is 12.8 Å². The van der Waals surface area contributed by atoms with Crippen LogP contribution in [0.3, 0.4) is 0 Å². The van der Waals surface area contributed by atoms with Crippen LogP contribution >= 0.6 is 0 Å². The van der Waals surface area contributed by atoms with Crippen molar-refractivity contribution in [2.45, 2.75) is 18.9 Å². The first-order valence-electron chi connectivity index (χ1n) is 5.22. The number of nitrogens with one attached hydrogen (secondary N) is 3. The predicted molar refractivity (Wildman–Crippen MR) is 63.5 cm³/mol. The summed E-state index contributed by atoms with van der Waals surface area (Å²) in [6.45, 7) is 0.313. The molecule has 0 radical (unpaired) electrons. The lowest BCUT2D eigenvalue weighted by Gasteiger charge is -2.07. The summed E-state index contributed by atoms with van der Waals surface area (Å²) in [6, 6.07) is 0.418. The third-order valence-corrected chi connectivity index (χ3v) is 2.08. The van der Waals surface area contributed by atoms with Gasteiger partial charge in [0.05, 0.1) is 6.54 Å². The van der Waals surface area contributed by atoms with Crippen LogP contribution in [-0.2, 0) is 4.79 Å². The van der Waals surface area contributed by atoms with Gasteiger partial charge in [-0.3, -0.25) is 10.1 Å². The van der Waals surface area contributed by atoms with Crippen LogP contribution in [0.2, 0.25) is 0 Å². The summed E-state index contributed by atoms with van der Waals surface area (Å²) in [7, 11) is 0. The minimum Gasteiger partial charge on any atom is -0.351 e. The molecule has 1 fully saturated rings. The van der Waals surface area contributed by atoms with Crippen molar-refractivity contribution >= 4 is 24.3 Å². The number of terminal acetylenes is 1. The standard InChI is InChI=1S/C10H12N6O/c1-2-5-11-8-14-9(12-6-17)16-10(15-8)13-7-3-4-7/h1,6-7H,3-5H2,(H3,11,12,13,14,15,16,17). The summed E-state index contributed by atoms with van der Waals surface area (Å²) in [6.07, 6.45) is 7.86. The molecule has 2 rings (SSSR count). The van der Waals surface area contributed by atoms with Gasteiger partial charge in [0.1, 0.15) is 0 Å². The van der Waals surface area contributed by atoms with Crippen LogP contribution in [0.1, 0.15) is 12.8 Å². The van der Waals surface area contributed by atoms with Gasteiger partial charge in [0.15, 0.2) is 0 Å². The maximum atomic E-state index is 10.4. The molecular formula is C10H12N6O. The summed E-state index contributed by atoms with van der Waals surface area (Å²) >= 11 is 0. The molecule has 1 saturated carbocycles. The molecule has 0 atom stereocenters. The molecular weight excluding hydrogens is 220 g/mol. The number of nitrogens with zero attached hydrogens (tertiary/aromatic N) is 3. The van der Waals surface area contributed by atoms with E-state index < -0.39 is 0 Å². The number of amides is 1. The molecule has 1 aromatic rings. The van der Waals surface area contributed by atoms with Gasteiger partial charge in [0.2, 0.25) is 24.3 Å². The van der Waals surface area contributed by atoms with Gasteiger partial charge in [0.25, 0.3) is 0 Å². The maximum absolute atomic E-state index is 10.4. The molecule has 0 bridgehead atoms. The van der Waals surface area contributed by atoms with Crippen molar-refractivity contribution in [3.05, 3.63) is 0 Å². The van der Waals surface area contributed by atoms with Crippen molar-refractivity contribution in [1.29, 1.82) is 0 Å². The molecule has 0 unspecified atom stereocenters. The van der Waals surface area contributed by atoms with E-state index in [-0.39, 0.29) is 5.95 Å². The monoisotopic (exact) mass is 232 g/mol. The Hall–Kier alpha value is -2.36. The molecule has 1 aliphatic carbocycles. The summed E-state index contributed by atoms with van der Waals surface area (Å²) < 4.78 is 0. The van der Waals surface area contributed by atoms with E-state index in [9.17, 15) is 4.79 Å². The van der Waals surface area contributed by atoms with Gasteiger partial charge in [-0.25, -0.2) is 0 Å². The molecule has 1 aliphatic rings. The van der Waals surface area contributed by atoms with Crippen molar-refractivity contribution in [2.24, 2.45) is 0 Å². The fourth-order valence-corrected chi connectivity index (χ4v) is 1.18. The molecule has 17 heavy (non-hydrogen) atoms. The largest absolute Gasteiger partial charge is 0.351 e. The second-order valence-electron chi connectivity index (χ2n) is 3.54. The van der Waals surface area contributed by atoms with Crippen LogP contribution in [-0.4, -0.2) is 33.9 Å². The van der Waals surface area contributed by atoms with E-state index in [4.69, 9.17) is 6.42 Å². The van der Waals surface area contributed by atoms with Gasteiger partial charge < -0.3 is 10.6 Å². The molecule has 7 heteroatoms. The molecule has 0 spiro atoms. The van der Waals surface area contributed by atoms with E-state index in [1.165, 1.54) is 0 Å². The Morgan fingerprint density at radius 2 is 2.00 bits per heavy atom. The molecule has 1 amide bonds. The molecule has 1 aromatic heterocycles.